The number of halogens is 2. The maximum Gasteiger partial charge on any atom is 0.221 e. The number of anilines is 1. The van der Waals surface area contributed by atoms with Crippen molar-refractivity contribution >= 4 is 40.5 Å². The van der Waals surface area contributed by atoms with Gasteiger partial charge in [-0.05, 0) is 35.7 Å². The summed E-state index contributed by atoms with van der Waals surface area (Å²) >= 11 is 13.7. The fourth-order valence-electron chi connectivity index (χ4n) is 1.86. The number of hydrogen-bond donors (Lipinski definition) is 1. The van der Waals surface area contributed by atoms with Crippen LogP contribution in [-0.2, 0) is 0 Å². The molecule has 1 aromatic carbocycles. The van der Waals surface area contributed by atoms with Gasteiger partial charge in [-0.2, -0.15) is 11.3 Å². The van der Waals surface area contributed by atoms with E-state index in [9.17, 15) is 0 Å². The molecular formula is C14H9Cl2N3S. The number of rotatable bonds is 2. The zero-order valence-corrected chi connectivity index (χ0v) is 12.5. The minimum Gasteiger partial charge on any atom is -0.368 e. The molecule has 0 aliphatic heterocycles. The van der Waals surface area contributed by atoms with E-state index in [-0.39, 0.29) is 5.95 Å². The van der Waals surface area contributed by atoms with Crippen molar-refractivity contribution in [3.63, 3.8) is 0 Å². The number of nitrogens with two attached hydrogens (primary N) is 1. The molecule has 6 heteroatoms. The Bertz CT molecular complexity index is 757. The molecule has 3 rings (SSSR count). The van der Waals surface area contributed by atoms with Gasteiger partial charge in [-0.25, -0.2) is 9.97 Å². The Morgan fingerprint density at radius 3 is 2.50 bits per heavy atom. The number of nitrogens with zero attached hydrogens (tertiary/aromatic N) is 2. The van der Waals surface area contributed by atoms with E-state index in [2.05, 4.69) is 9.97 Å². The Hall–Kier alpha value is -1.62. The summed E-state index contributed by atoms with van der Waals surface area (Å²) in [6.07, 6.45) is 0. The lowest BCUT2D eigenvalue weighted by molar-refractivity contribution is 1.19. The molecule has 0 saturated carbocycles. The van der Waals surface area contributed by atoms with Crippen molar-refractivity contribution in [3.8, 4) is 22.5 Å². The molecular weight excluding hydrogens is 313 g/mol. The molecule has 100 valence electrons. The highest BCUT2D eigenvalue weighted by molar-refractivity contribution is 7.08. The second kappa shape index (κ2) is 5.40. The monoisotopic (exact) mass is 321 g/mol. The van der Waals surface area contributed by atoms with Crippen LogP contribution in [0.15, 0.2) is 41.1 Å². The molecule has 20 heavy (non-hydrogen) atoms. The van der Waals surface area contributed by atoms with E-state index in [0.717, 1.165) is 16.8 Å². The van der Waals surface area contributed by atoms with Crippen molar-refractivity contribution in [2.45, 2.75) is 0 Å². The first-order chi connectivity index (χ1) is 9.63. The number of nitrogen functional groups attached to an aromatic ring is 1. The van der Waals surface area contributed by atoms with Crippen LogP contribution < -0.4 is 5.73 Å². The minimum atomic E-state index is 0.217. The van der Waals surface area contributed by atoms with Crippen LogP contribution >= 0.6 is 34.5 Å². The summed E-state index contributed by atoms with van der Waals surface area (Å²) in [5, 5.41) is 5.11. The topological polar surface area (TPSA) is 51.8 Å². The second-order valence-electron chi connectivity index (χ2n) is 4.13. The van der Waals surface area contributed by atoms with E-state index in [0.29, 0.717) is 15.7 Å². The Labute approximate surface area is 130 Å². The number of thiophene rings is 1. The molecule has 0 unspecified atom stereocenters. The molecule has 0 saturated heterocycles. The highest BCUT2D eigenvalue weighted by atomic mass is 35.5. The van der Waals surface area contributed by atoms with Crippen LogP contribution in [0.2, 0.25) is 10.0 Å². The van der Waals surface area contributed by atoms with Crippen molar-refractivity contribution in [1.82, 2.24) is 9.97 Å². The first-order valence-electron chi connectivity index (χ1n) is 5.76. The SMILES string of the molecule is Nc1nc(-c2ccsc2)cc(-c2ccc(Cl)cc2Cl)n1. The van der Waals surface area contributed by atoms with E-state index in [4.69, 9.17) is 28.9 Å². The maximum atomic E-state index is 6.21. The Morgan fingerprint density at radius 1 is 1.00 bits per heavy atom. The molecule has 0 atom stereocenters. The van der Waals surface area contributed by atoms with Gasteiger partial charge in [0.1, 0.15) is 0 Å². The summed E-state index contributed by atoms with van der Waals surface area (Å²) in [6.45, 7) is 0. The molecule has 2 aromatic heterocycles. The second-order valence-corrected chi connectivity index (χ2v) is 5.76. The van der Waals surface area contributed by atoms with Crippen molar-refractivity contribution < 1.29 is 0 Å². The fraction of sp³-hybridized carbons (Fsp3) is 0. The van der Waals surface area contributed by atoms with Gasteiger partial charge in [0.2, 0.25) is 5.95 Å². The average Bonchev–Trinajstić information content (AvgIpc) is 2.91. The van der Waals surface area contributed by atoms with Crippen molar-refractivity contribution in [2.75, 3.05) is 5.73 Å². The Morgan fingerprint density at radius 2 is 1.80 bits per heavy atom. The van der Waals surface area contributed by atoms with Gasteiger partial charge in [0.25, 0.3) is 0 Å². The molecule has 0 spiro atoms. The van der Waals surface area contributed by atoms with E-state index in [1.807, 2.05) is 29.0 Å². The summed E-state index contributed by atoms with van der Waals surface area (Å²) in [5.41, 5.74) is 9.04. The standard InChI is InChI=1S/C14H9Cl2N3S/c15-9-1-2-10(11(16)5-9)13-6-12(18-14(17)19-13)8-3-4-20-7-8/h1-7H,(H2,17,18,19). The lowest BCUT2D eigenvalue weighted by Gasteiger charge is -2.07. The van der Waals surface area contributed by atoms with Crippen LogP contribution in [0.25, 0.3) is 22.5 Å². The highest BCUT2D eigenvalue weighted by Crippen LogP contribution is 2.31. The van der Waals surface area contributed by atoms with Gasteiger partial charge in [-0.3, -0.25) is 0 Å². The third-order valence-corrected chi connectivity index (χ3v) is 4.00. The summed E-state index contributed by atoms with van der Waals surface area (Å²) in [6, 6.07) is 9.13. The zero-order valence-electron chi connectivity index (χ0n) is 10.2. The summed E-state index contributed by atoms with van der Waals surface area (Å²) in [4.78, 5) is 8.50. The molecule has 0 radical (unpaired) electrons. The first kappa shape index (κ1) is 13.4. The zero-order chi connectivity index (χ0) is 14.1. The Balaban J connectivity index is 2.14. The molecule has 0 fully saturated rings. The normalized spacial score (nSPS) is 10.7. The smallest absolute Gasteiger partial charge is 0.221 e. The van der Waals surface area contributed by atoms with Gasteiger partial charge < -0.3 is 5.73 Å². The van der Waals surface area contributed by atoms with Gasteiger partial charge in [0, 0.05) is 21.5 Å². The number of benzene rings is 1. The maximum absolute atomic E-state index is 6.21. The van der Waals surface area contributed by atoms with E-state index < -0.39 is 0 Å². The van der Waals surface area contributed by atoms with Crippen LogP contribution in [0, 0.1) is 0 Å². The predicted octanol–water partition coefficient (Wildman–Crippen LogP) is 4.76. The number of hydrogen-bond acceptors (Lipinski definition) is 4. The van der Waals surface area contributed by atoms with Crippen LogP contribution in [0.3, 0.4) is 0 Å². The van der Waals surface area contributed by atoms with Gasteiger partial charge >= 0.3 is 0 Å². The number of aromatic nitrogens is 2. The lowest BCUT2D eigenvalue weighted by atomic mass is 10.1. The third-order valence-electron chi connectivity index (χ3n) is 2.77. The molecule has 0 aliphatic carbocycles. The summed E-state index contributed by atoms with van der Waals surface area (Å²) in [7, 11) is 0. The summed E-state index contributed by atoms with van der Waals surface area (Å²) < 4.78 is 0. The average molecular weight is 322 g/mol. The fourth-order valence-corrected chi connectivity index (χ4v) is 3.01. The quantitative estimate of drug-likeness (QED) is 0.740. The van der Waals surface area contributed by atoms with Crippen molar-refractivity contribution in [2.24, 2.45) is 0 Å². The first-order valence-corrected chi connectivity index (χ1v) is 7.46. The van der Waals surface area contributed by atoms with Crippen molar-refractivity contribution in [3.05, 3.63) is 51.1 Å². The van der Waals surface area contributed by atoms with Gasteiger partial charge in [-0.15, -0.1) is 0 Å². The van der Waals surface area contributed by atoms with Gasteiger partial charge in [0.15, 0.2) is 0 Å². The van der Waals surface area contributed by atoms with Crippen LogP contribution in [0.4, 0.5) is 5.95 Å². The molecule has 3 nitrogen and oxygen atoms in total. The van der Waals surface area contributed by atoms with E-state index in [1.54, 1.807) is 23.5 Å². The molecule has 3 aromatic rings. The van der Waals surface area contributed by atoms with Crippen LogP contribution in [0.5, 0.6) is 0 Å². The van der Waals surface area contributed by atoms with Crippen LogP contribution in [0.1, 0.15) is 0 Å². The molecule has 0 bridgehead atoms. The molecule has 0 amide bonds. The van der Waals surface area contributed by atoms with E-state index >= 15 is 0 Å². The third kappa shape index (κ3) is 2.63. The van der Waals surface area contributed by atoms with Crippen LogP contribution in [-0.4, -0.2) is 9.97 Å². The minimum absolute atomic E-state index is 0.217. The van der Waals surface area contributed by atoms with Gasteiger partial charge in [-0.1, -0.05) is 23.2 Å². The predicted molar refractivity (Wildman–Crippen MR) is 85.2 cm³/mol. The highest BCUT2D eigenvalue weighted by Gasteiger charge is 2.10. The van der Waals surface area contributed by atoms with E-state index in [1.165, 1.54) is 0 Å². The summed E-state index contributed by atoms with van der Waals surface area (Å²) in [5.74, 6) is 0.217. The van der Waals surface area contributed by atoms with Crippen molar-refractivity contribution in [1.29, 1.82) is 0 Å². The molecule has 2 heterocycles. The lowest BCUT2D eigenvalue weighted by Crippen LogP contribution is -1.98. The molecule has 2 N–H and O–H groups in total. The van der Waals surface area contributed by atoms with Gasteiger partial charge in [0.05, 0.1) is 16.4 Å². The molecule has 0 aliphatic rings. The largest absolute Gasteiger partial charge is 0.368 e. The Kier molecular flexibility index (Phi) is 3.61.